The van der Waals surface area contributed by atoms with Gasteiger partial charge in [0.1, 0.15) is 0 Å². The van der Waals surface area contributed by atoms with Crippen molar-refractivity contribution in [2.75, 3.05) is 0 Å². The van der Waals surface area contributed by atoms with Crippen molar-refractivity contribution in [1.82, 2.24) is 19.3 Å². The van der Waals surface area contributed by atoms with E-state index in [4.69, 9.17) is 0 Å². The Kier molecular flexibility index (Phi) is 2.22. The Morgan fingerprint density at radius 1 is 1.20 bits per heavy atom. The minimum absolute atomic E-state index is 0.00626. The number of nitrogens with one attached hydrogen (secondary N) is 1. The standard InChI is InChI=1S/C15H16N4O/c1-18-12-6-5-10(7-13(12)19(2)15(18)20)11-8-16-17-14(11)9-3-4-9/h5-9H,3-4H2,1-2H3,(H,16,17). The van der Waals surface area contributed by atoms with Gasteiger partial charge in [-0.05, 0) is 30.5 Å². The summed E-state index contributed by atoms with van der Waals surface area (Å²) in [7, 11) is 3.61. The molecule has 2 heterocycles. The van der Waals surface area contributed by atoms with E-state index in [2.05, 4.69) is 22.3 Å². The van der Waals surface area contributed by atoms with Crippen molar-refractivity contribution < 1.29 is 0 Å². The average Bonchev–Trinajstić information content (AvgIpc) is 3.16. The van der Waals surface area contributed by atoms with Crippen molar-refractivity contribution in [3.8, 4) is 11.1 Å². The maximum absolute atomic E-state index is 12.0. The average molecular weight is 268 g/mol. The second-order valence-electron chi connectivity index (χ2n) is 5.58. The second-order valence-corrected chi connectivity index (χ2v) is 5.58. The van der Waals surface area contributed by atoms with E-state index >= 15 is 0 Å². The first-order valence-corrected chi connectivity index (χ1v) is 6.86. The smallest absolute Gasteiger partial charge is 0.295 e. The maximum Gasteiger partial charge on any atom is 0.328 e. The monoisotopic (exact) mass is 268 g/mol. The molecule has 3 aromatic rings. The molecular formula is C15H16N4O. The van der Waals surface area contributed by atoms with E-state index in [1.165, 1.54) is 18.5 Å². The summed E-state index contributed by atoms with van der Waals surface area (Å²) in [4.78, 5) is 12.0. The number of rotatable bonds is 2. The van der Waals surface area contributed by atoms with Crippen LogP contribution >= 0.6 is 0 Å². The molecule has 2 aromatic heterocycles. The number of fused-ring (bicyclic) bond motifs is 1. The molecule has 0 unspecified atom stereocenters. The van der Waals surface area contributed by atoms with Gasteiger partial charge in [-0.15, -0.1) is 0 Å². The Morgan fingerprint density at radius 3 is 2.70 bits per heavy atom. The first kappa shape index (κ1) is 11.5. The molecule has 1 fully saturated rings. The van der Waals surface area contributed by atoms with Gasteiger partial charge in [0.15, 0.2) is 0 Å². The van der Waals surface area contributed by atoms with Crippen LogP contribution in [0.25, 0.3) is 22.2 Å². The van der Waals surface area contributed by atoms with Gasteiger partial charge in [-0.3, -0.25) is 14.2 Å². The summed E-state index contributed by atoms with van der Waals surface area (Å²) in [5.74, 6) is 0.628. The van der Waals surface area contributed by atoms with Crippen LogP contribution in [-0.4, -0.2) is 19.3 Å². The van der Waals surface area contributed by atoms with Crippen LogP contribution in [0.15, 0.2) is 29.2 Å². The largest absolute Gasteiger partial charge is 0.328 e. The molecule has 1 aliphatic rings. The van der Waals surface area contributed by atoms with Gasteiger partial charge in [-0.2, -0.15) is 5.10 Å². The highest BCUT2D eigenvalue weighted by Crippen LogP contribution is 2.43. The van der Waals surface area contributed by atoms with Crippen molar-refractivity contribution in [3.63, 3.8) is 0 Å². The van der Waals surface area contributed by atoms with Crippen LogP contribution < -0.4 is 5.69 Å². The molecule has 1 saturated carbocycles. The van der Waals surface area contributed by atoms with Gasteiger partial charge in [-0.1, -0.05) is 6.07 Å². The zero-order valence-corrected chi connectivity index (χ0v) is 11.6. The van der Waals surface area contributed by atoms with Crippen LogP contribution in [0.2, 0.25) is 0 Å². The van der Waals surface area contributed by atoms with E-state index < -0.39 is 0 Å². The summed E-state index contributed by atoms with van der Waals surface area (Å²) >= 11 is 0. The number of hydrogen-bond donors (Lipinski definition) is 1. The lowest BCUT2D eigenvalue weighted by atomic mass is 10.0. The number of benzene rings is 1. The van der Waals surface area contributed by atoms with Crippen molar-refractivity contribution in [1.29, 1.82) is 0 Å². The highest BCUT2D eigenvalue weighted by atomic mass is 16.1. The Morgan fingerprint density at radius 2 is 1.95 bits per heavy atom. The third-order valence-corrected chi connectivity index (χ3v) is 4.24. The summed E-state index contributed by atoms with van der Waals surface area (Å²) < 4.78 is 3.37. The predicted octanol–water partition coefficient (Wildman–Crippen LogP) is 2.14. The number of nitrogens with zero attached hydrogens (tertiary/aromatic N) is 3. The Bertz CT molecular complexity index is 864. The molecule has 0 radical (unpaired) electrons. The van der Waals surface area contributed by atoms with Gasteiger partial charge in [0, 0.05) is 31.3 Å². The van der Waals surface area contributed by atoms with Gasteiger partial charge >= 0.3 is 5.69 Å². The quantitative estimate of drug-likeness (QED) is 0.774. The van der Waals surface area contributed by atoms with E-state index in [-0.39, 0.29) is 5.69 Å². The number of aromatic amines is 1. The molecule has 102 valence electrons. The molecule has 5 nitrogen and oxygen atoms in total. The first-order valence-electron chi connectivity index (χ1n) is 6.86. The Balaban J connectivity index is 1.94. The first-order chi connectivity index (χ1) is 9.66. The highest BCUT2D eigenvalue weighted by molar-refractivity contribution is 5.83. The molecule has 20 heavy (non-hydrogen) atoms. The number of imidazole rings is 1. The van der Waals surface area contributed by atoms with Crippen molar-refractivity contribution in [3.05, 3.63) is 40.6 Å². The fourth-order valence-electron chi connectivity index (χ4n) is 2.88. The molecule has 0 aliphatic heterocycles. The summed E-state index contributed by atoms with van der Waals surface area (Å²) in [6, 6.07) is 6.15. The molecule has 0 spiro atoms. The van der Waals surface area contributed by atoms with Crippen molar-refractivity contribution in [2.24, 2.45) is 14.1 Å². The normalized spacial score (nSPS) is 15.1. The molecular weight excluding hydrogens is 252 g/mol. The molecule has 1 aliphatic carbocycles. The fraction of sp³-hybridized carbons (Fsp3) is 0.333. The van der Waals surface area contributed by atoms with Gasteiger partial charge < -0.3 is 0 Å². The fourth-order valence-corrected chi connectivity index (χ4v) is 2.88. The third kappa shape index (κ3) is 1.49. The van der Waals surface area contributed by atoms with Gasteiger partial charge in [-0.25, -0.2) is 4.79 Å². The van der Waals surface area contributed by atoms with E-state index in [0.717, 1.165) is 22.2 Å². The van der Waals surface area contributed by atoms with Crippen LogP contribution in [0.5, 0.6) is 0 Å². The summed E-state index contributed by atoms with van der Waals surface area (Å²) in [6.45, 7) is 0. The summed E-state index contributed by atoms with van der Waals surface area (Å²) in [5, 5.41) is 7.31. The lowest BCUT2D eigenvalue weighted by molar-refractivity contribution is 0.795. The van der Waals surface area contributed by atoms with Crippen LogP contribution in [0.1, 0.15) is 24.5 Å². The van der Waals surface area contributed by atoms with E-state index in [1.54, 1.807) is 16.2 Å². The molecule has 0 atom stereocenters. The maximum atomic E-state index is 12.0. The molecule has 1 N–H and O–H groups in total. The zero-order valence-electron chi connectivity index (χ0n) is 11.6. The Hall–Kier alpha value is -2.30. The highest BCUT2D eigenvalue weighted by Gasteiger charge is 2.28. The molecule has 0 bridgehead atoms. The zero-order chi connectivity index (χ0) is 13.9. The second kappa shape index (κ2) is 3.85. The van der Waals surface area contributed by atoms with Crippen LogP contribution in [0, 0.1) is 0 Å². The predicted molar refractivity (Wildman–Crippen MR) is 77.7 cm³/mol. The topological polar surface area (TPSA) is 55.6 Å². The van der Waals surface area contributed by atoms with Crippen LogP contribution in [-0.2, 0) is 14.1 Å². The van der Waals surface area contributed by atoms with Crippen LogP contribution in [0.4, 0.5) is 0 Å². The number of aromatic nitrogens is 4. The SMILES string of the molecule is Cn1c(=O)n(C)c2cc(-c3cn[nH]c3C3CC3)ccc21. The van der Waals surface area contributed by atoms with Crippen molar-refractivity contribution in [2.45, 2.75) is 18.8 Å². The number of aryl methyl sites for hydroxylation is 2. The minimum Gasteiger partial charge on any atom is -0.295 e. The van der Waals surface area contributed by atoms with Crippen molar-refractivity contribution >= 4 is 11.0 Å². The Labute approximate surface area is 115 Å². The number of hydrogen-bond acceptors (Lipinski definition) is 2. The third-order valence-electron chi connectivity index (χ3n) is 4.24. The molecule has 4 rings (SSSR count). The lowest BCUT2D eigenvalue weighted by Crippen LogP contribution is -2.19. The molecule has 0 saturated heterocycles. The van der Waals surface area contributed by atoms with Crippen LogP contribution in [0.3, 0.4) is 0 Å². The van der Waals surface area contributed by atoms with E-state index in [1.807, 2.05) is 19.3 Å². The van der Waals surface area contributed by atoms with Gasteiger partial charge in [0.2, 0.25) is 0 Å². The van der Waals surface area contributed by atoms with E-state index in [0.29, 0.717) is 5.92 Å². The lowest BCUT2D eigenvalue weighted by Gasteiger charge is -2.03. The summed E-state index contributed by atoms with van der Waals surface area (Å²) in [6.07, 6.45) is 4.36. The van der Waals surface area contributed by atoms with Gasteiger partial charge in [0.25, 0.3) is 0 Å². The number of H-pyrrole nitrogens is 1. The minimum atomic E-state index is 0.00626. The summed E-state index contributed by atoms with van der Waals surface area (Å²) in [5.41, 5.74) is 5.42. The molecule has 1 aromatic carbocycles. The molecule has 5 heteroatoms. The molecule has 0 amide bonds. The van der Waals surface area contributed by atoms with Gasteiger partial charge in [0.05, 0.1) is 17.2 Å². The van der Waals surface area contributed by atoms with E-state index in [9.17, 15) is 4.79 Å².